The van der Waals surface area contributed by atoms with E-state index in [1.807, 2.05) is 78.9 Å². The molecule has 8 heteroatoms. The highest BCUT2D eigenvalue weighted by Crippen LogP contribution is 2.29. The van der Waals surface area contributed by atoms with Gasteiger partial charge in [0.15, 0.2) is 5.78 Å². The zero-order valence-corrected chi connectivity index (χ0v) is 24.2. The lowest BCUT2D eigenvalue weighted by Crippen LogP contribution is -2.16. The number of hydrogen-bond acceptors (Lipinski definition) is 7. The molecule has 0 aliphatic carbocycles. The van der Waals surface area contributed by atoms with E-state index in [4.69, 9.17) is 4.84 Å². The molecule has 0 spiro atoms. The minimum Gasteiger partial charge on any atom is -0.318 e. The van der Waals surface area contributed by atoms with Crippen molar-refractivity contribution in [3.8, 4) is 0 Å². The average Bonchev–Trinajstić information content (AvgIpc) is 2.96. The number of carbonyl (C=O) groups excluding carboxylic acids is 3. The first-order chi connectivity index (χ1) is 18.9. The topological polar surface area (TPSA) is 72.8 Å². The fourth-order valence-corrected chi connectivity index (χ4v) is 5.46. The summed E-state index contributed by atoms with van der Waals surface area (Å²) in [5.74, 6) is -0.280. The lowest BCUT2D eigenvalue weighted by molar-refractivity contribution is -0.140. The molecule has 0 aliphatic rings. The van der Waals surface area contributed by atoms with Crippen molar-refractivity contribution < 1.29 is 19.2 Å². The van der Waals surface area contributed by atoms with Crippen LogP contribution in [0.5, 0.6) is 0 Å². The molecule has 0 atom stereocenters. The first kappa shape index (κ1) is 28.5. The number of benzene rings is 4. The maximum atomic E-state index is 13.2. The first-order valence-corrected chi connectivity index (χ1v) is 14.6. The van der Waals surface area contributed by atoms with Crippen LogP contribution in [0.15, 0.2) is 127 Å². The quantitative estimate of drug-likeness (QED) is 0.0556. The number of oxime groups is 1. The Kier molecular flexibility index (Phi) is 10.3. The van der Waals surface area contributed by atoms with Crippen LogP contribution < -0.4 is 0 Å². The predicted octanol–water partition coefficient (Wildman–Crippen LogP) is 8.12. The van der Waals surface area contributed by atoms with Crippen LogP contribution in [0.1, 0.15) is 39.6 Å². The van der Waals surface area contributed by atoms with E-state index in [2.05, 4.69) is 21.1 Å². The second-order valence-electron chi connectivity index (χ2n) is 8.35. The number of ketones is 2. The highest BCUT2D eigenvalue weighted by molar-refractivity contribution is 9.10. The minimum atomic E-state index is -0.580. The first-order valence-electron chi connectivity index (χ1n) is 12.0. The molecule has 0 aliphatic heterocycles. The second-order valence-corrected chi connectivity index (χ2v) is 11.6. The molecular weight excluding hydrogens is 594 g/mol. The molecule has 4 aromatic rings. The molecule has 0 aromatic heterocycles. The van der Waals surface area contributed by atoms with Gasteiger partial charge in [0, 0.05) is 54.9 Å². The second kappa shape index (κ2) is 14.1. The summed E-state index contributed by atoms with van der Waals surface area (Å²) >= 11 is 6.54. The Labute approximate surface area is 244 Å². The summed E-state index contributed by atoms with van der Waals surface area (Å²) in [4.78, 5) is 44.9. The molecule has 0 saturated carbocycles. The van der Waals surface area contributed by atoms with Crippen molar-refractivity contribution >= 4 is 62.7 Å². The summed E-state index contributed by atoms with van der Waals surface area (Å²) in [6, 6.07) is 31.7. The van der Waals surface area contributed by atoms with E-state index in [-0.39, 0.29) is 17.3 Å². The molecule has 0 unspecified atom stereocenters. The Balaban J connectivity index is 1.39. The van der Waals surface area contributed by atoms with Gasteiger partial charge in [0.25, 0.3) is 0 Å². The van der Waals surface area contributed by atoms with Crippen LogP contribution >= 0.6 is 39.5 Å². The average molecular weight is 619 g/mol. The summed E-state index contributed by atoms with van der Waals surface area (Å²) < 4.78 is 0.996. The van der Waals surface area contributed by atoms with Gasteiger partial charge < -0.3 is 4.84 Å². The molecule has 0 N–H and O–H groups in total. The highest BCUT2D eigenvalue weighted by Gasteiger charge is 2.16. The van der Waals surface area contributed by atoms with E-state index >= 15 is 0 Å². The summed E-state index contributed by atoms with van der Waals surface area (Å²) in [7, 11) is 0. The fourth-order valence-electron chi connectivity index (χ4n) is 3.52. The van der Waals surface area contributed by atoms with Crippen molar-refractivity contribution in [3.05, 3.63) is 124 Å². The Morgan fingerprint density at radius 2 is 1.26 bits per heavy atom. The Bertz CT molecular complexity index is 1470. The normalized spacial score (nSPS) is 11.2. The SMILES string of the molecule is CC(=O)O/N=C(\CCSc1ccc(Br)cc1)C(=O)c1ccc(Sc2ccc(C(=O)c3ccccc3)cc2)cc1. The van der Waals surface area contributed by atoms with Gasteiger partial charge in [0.05, 0.1) is 0 Å². The van der Waals surface area contributed by atoms with E-state index < -0.39 is 5.97 Å². The zero-order valence-electron chi connectivity index (χ0n) is 21.0. The predicted molar refractivity (Wildman–Crippen MR) is 160 cm³/mol. The van der Waals surface area contributed by atoms with Gasteiger partial charge in [-0.2, -0.15) is 0 Å². The standard InChI is InChI=1S/C31H24BrNO4S2/c1-21(34)37-33-29(19-20-38-26-17-11-25(32)12-18-26)31(36)24-9-15-28(16-10-24)39-27-13-7-23(8-14-27)30(35)22-5-3-2-4-6-22/h2-18H,19-20H2,1H3/b33-29+. The number of rotatable bonds is 11. The van der Waals surface area contributed by atoms with E-state index in [1.54, 1.807) is 36.0 Å². The number of carbonyl (C=O) groups is 3. The van der Waals surface area contributed by atoms with E-state index in [0.29, 0.717) is 28.9 Å². The lowest BCUT2D eigenvalue weighted by Gasteiger charge is -2.08. The van der Waals surface area contributed by atoms with Gasteiger partial charge in [-0.25, -0.2) is 4.79 Å². The van der Waals surface area contributed by atoms with E-state index in [1.165, 1.54) is 18.7 Å². The third kappa shape index (κ3) is 8.51. The fraction of sp³-hybridized carbons (Fsp3) is 0.0968. The van der Waals surface area contributed by atoms with Crippen LogP contribution in [0.2, 0.25) is 0 Å². The summed E-state index contributed by atoms with van der Waals surface area (Å²) in [5.41, 5.74) is 1.93. The zero-order chi connectivity index (χ0) is 27.6. The van der Waals surface area contributed by atoms with Crippen LogP contribution in [-0.2, 0) is 9.63 Å². The van der Waals surface area contributed by atoms with Crippen molar-refractivity contribution in [1.29, 1.82) is 0 Å². The summed E-state index contributed by atoms with van der Waals surface area (Å²) in [6.07, 6.45) is 0.345. The van der Waals surface area contributed by atoms with Crippen LogP contribution in [0.25, 0.3) is 0 Å². The van der Waals surface area contributed by atoms with Crippen LogP contribution in [0.3, 0.4) is 0 Å². The van der Waals surface area contributed by atoms with Crippen LogP contribution in [0.4, 0.5) is 0 Å². The monoisotopic (exact) mass is 617 g/mol. The van der Waals surface area contributed by atoms with Gasteiger partial charge in [-0.1, -0.05) is 63.2 Å². The molecule has 196 valence electrons. The van der Waals surface area contributed by atoms with Crippen molar-refractivity contribution in [1.82, 2.24) is 0 Å². The molecule has 0 heterocycles. The molecule has 5 nitrogen and oxygen atoms in total. The third-order valence-electron chi connectivity index (χ3n) is 5.47. The largest absolute Gasteiger partial charge is 0.331 e. The maximum absolute atomic E-state index is 13.2. The van der Waals surface area contributed by atoms with Gasteiger partial charge >= 0.3 is 5.97 Å². The van der Waals surface area contributed by atoms with Gasteiger partial charge in [0.2, 0.25) is 5.78 Å². The molecule has 4 rings (SSSR count). The molecular formula is C31H24BrNO4S2. The molecule has 0 bridgehead atoms. The Hall–Kier alpha value is -3.46. The number of halogens is 1. The van der Waals surface area contributed by atoms with Gasteiger partial charge in [0.1, 0.15) is 5.71 Å². The van der Waals surface area contributed by atoms with Crippen molar-refractivity contribution in [3.63, 3.8) is 0 Å². The number of hydrogen-bond donors (Lipinski definition) is 0. The third-order valence-corrected chi connectivity index (χ3v) is 8.03. The molecule has 39 heavy (non-hydrogen) atoms. The van der Waals surface area contributed by atoms with Gasteiger partial charge in [-0.15, -0.1) is 11.8 Å². The van der Waals surface area contributed by atoms with Gasteiger partial charge in [-0.3, -0.25) is 9.59 Å². The summed E-state index contributed by atoms with van der Waals surface area (Å²) in [5, 5.41) is 3.84. The van der Waals surface area contributed by atoms with Crippen molar-refractivity contribution in [2.24, 2.45) is 5.16 Å². The van der Waals surface area contributed by atoms with Crippen molar-refractivity contribution in [2.75, 3.05) is 5.75 Å². The summed E-state index contributed by atoms with van der Waals surface area (Å²) in [6.45, 7) is 1.25. The number of Topliss-reactive ketones (excluding diaryl/α,β-unsaturated/α-hetero) is 1. The highest BCUT2D eigenvalue weighted by atomic mass is 79.9. The Morgan fingerprint density at radius 1 is 0.718 bits per heavy atom. The Morgan fingerprint density at radius 3 is 1.85 bits per heavy atom. The number of thioether (sulfide) groups is 1. The molecule has 0 radical (unpaired) electrons. The molecule has 0 saturated heterocycles. The lowest BCUT2D eigenvalue weighted by atomic mass is 10.0. The minimum absolute atomic E-state index is 0.0172. The molecule has 4 aromatic carbocycles. The van der Waals surface area contributed by atoms with Crippen molar-refractivity contribution in [2.45, 2.75) is 28.0 Å². The molecule has 0 fully saturated rings. The van der Waals surface area contributed by atoms with Crippen LogP contribution in [0, 0.1) is 0 Å². The van der Waals surface area contributed by atoms with Gasteiger partial charge in [-0.05, 0) is 72.8 Å². The van der Waals surface area contributed by atoms with Crippen LogP contribution in [-0.4, -0.2) is 29.0 Å². The van der Waals surface area contributed by atoms with E-state index in [9.17, 15) is 14.4 Å². The maximum Gasteiger partial charge on any atom is 0.331 e. The number of nitrogens with zero attached hydrogens (tertiary/aromatic N) is 1. The smallest absolute Gasteiger partial charge is 0.318 e. The van der Waals surface area contributed by atoms with E-state index in [0.717, 1.165) is 19.2 Å². The molecule has 0 amide bonds.